The molecule has 3 amide bonds. The van der Waals surface area contributed by atoms with Crippen LogP contribution in [0.15, 0.2) is 48.5 Å². The quantitative estimate of drug-likeness (QED) is 0.494. The minimum atomic E-state index is -0.533. The smallest absolute Gasteiger partial charge is 0.251 e. The van der Waals surface area contributed by atoms with Crippen molar-refractivity contribution in [1.82, 2.24) is 5.32 Å². The third-order valence-corrected chi connectivity index (χ3v) is 3.62. The highest BCUT2D eigenvalue weighted by Gasteiger charge is 2.07. The van der Waals surface area contributed by atoms with E-state index in [0.29, 0.717) is 35.7 Å². The number of hydrogen-bond donors (Lipinski definition) is 4. The summed E-state index contributed by atoms with van der Waals surface area (Å²) in [6, 6.07) is 13.1. The molecule has 0 bridgehead atoms. The second kappa shape index (κ2) is 9.93. The SMILES string of the molecule is COCCNC(=O)c1ccc(NC(=O)CNc2cccc(C(N)=O)c2)cc1. The molecule has 8 heteroatoms. The van der Waals surface area contributed by atoms with Gasteiger partial charge < -0.3 is 26.4 Å². The van der Waals surface area contributed by atoms with E-state index in [1.54, 1.807) is 55.6 Å². The fourth-order valence-corrected chi connectivity index (χ4v) is 2.24. The normalized spacial score (nSPS) is 10.1. The number of ether oxygens (including phenoxy) is 1. The van der Waals surface area contributed by atoms with Gasteiger partial charge in [-0.15, -0.1) is 0 Å². The molecule has 0 fully saturated rings. The summed E-state index contributed by atoms with van der Waals surface area (Å²) in [6.07, 6.45) is 0. The number of rotatable bonds is 9. The van der Waals surface area contributed by atoms with Crippen molar-refractivity contribution in [2.75, 3.05) is 37.4 Å². The highest BCUT2D eigenvalue weighted by Crippen LogP contribution is 2.11. The second-order valence-electron chi connectivity index (χ2n) is 5.67. The zero-order valence-corrected chi connectivity index (χ0v) is 15.0. The van der Waals surface area contributed by atoms with Crippen molar-refractivity contribution in [2.24, 2.45) is 5.73 Å². The minimum absolute atomic E-state index is 0.0153. The van der Waals surface area contributed by atoms with Gasteiger partial charge in [0.2, 0.25) is 11.8 Å². The molecule has 5 N–H and O–H groups in total. The van der Waals surface area contributed by atoms with Gasteiger partial charge in [0.1, 0.15) is 0 Å². The van der Waals surface area contributed by atoms with Crippen LogP contribution in [0.1, 0.15) is 20.7 Å². The van der Waals surface area contributed by atoms with Crippen LogP contribution in [0.4, 0.5) is 11.4 Å². The Balaban J connectivity index is 1.84. The van der Waals surface area contributed by atoms with Crippen molar-refractivity contribution in [3.8, 4) is 0 Å². The van der Waals surface area contributed by atoms with E-state index in [1.807, 2.05) is 0 Å². The van der Waals surface area contributed by atoms with E-state index in [4.69, 9.17) is 10.5 Å². The van der Waals surface area contributed by atoms with E-state index in [1.165, 1.54) is 0 Å². The summed E-state index contributed by atoms with van der Waals surface area (Å²) in [5.74, 6) is -1.01. The standard InChI is InChI=1S/C19H22N4O4/c1-27-10-9-21-19(26)13-5-7-15(8-6-13)23-17(24)12-22-16-4-2-3-14(11-16)18(20)25/h2-8,11,22H,9-10,12H2,1H3,(H2,20,25)(H,21,26)(H,23,24). The number of anilines is 2. The predicted molar refractivity (Wildman–Crippen MR) is 103 cm³/mol. The van der Waals surface area contributed by atoms with E-state index in [9.17, 15) is 14.4 Å². The predicted octanol–water partition coefficient (Wildman–Crippen LogP) is 1.21. The third kappa shape index (κ3) is 6.44. The highest BCUT2D eigenvalue weighted by atomic mass is 16.5. The molecule has 2 aromatic rings. The van der Waals surface area contributed by atoms with Gasteiger partial charge in [-0.3, -0.25) is 14.4 Å². The lowest BCUT2D eigenvalue weighted by atomic mass is 10.2. The van der Waals surface area contributed by atoms with Gasteiger partial charge in [-0.1, -0.05) is 6.07 Å². The summed E-state index contributed by atoms with van der Waals surface area (Å²) < 4.78 is 4.87. The maximum atomic E-state index is 12.0. The van der Waals surface area contributed by atoms with Gasteiger partial charge in [0.05, 0.1) is 13.2 Å². The fraction of sp³-hybridized carbons (Fsp3) is 0.211. The molecule has 0 aromatic heterocycles. The lowest BCUT2D eigenvalue weighted by Crippen LogP contribution is -2.27. The summed E-state index contributed by atoms with van der Waals surface area (Å²) in [4.78, 5) is 35.1. The minimum Gasteiger partial charge on any atom is -0.383 e. The summed E-state index contributed by atoms with van der Waals surface area (Å²) in [7, 11) is 1.56. The molecule has 0 atom stereocenters. The van der Waals surface area contributed by atoms with Crippen LogP contribution in [0.25, 0.3) is 0 Å². The molecule has 0 aliphatic heterocycles. The van der Waals surface area contributed by atoms with Gasteiger partial charge in [0.15, 0.2) is 0 Å². The largest absolute Gasteiger partial charge is 0.383 e. The Morgan fingerprint density at radius 3 is 2.41 bits per heavy atom. The van der Waals surface area contributed by atoms with Crippen molar-refractivity contribution in [2.45, 2.75) is 0 Å². The molecule has 0 unspecified atom stereocenters. The van der Waals surface area contributed by atoms with Crippen LogP contribution in [0, 0.1) is 0 Å². The molecule has 0 radical (unpaired) electrons. The summed E-state index contributed by atoms with van der Waals surface area (Å²) in [5, 5.41) is 8.36. The molecule has 0 saturated carbocycles. The van der Waals surface area contributed by atoms with Gasteiger partial charge in [-0.05, 0) is 42.5 Å². The number of benzene rings is 2. The van der Waals surface area contributed by atoms with Crippen molar-refractivity contribution in [3.63, 3.8) is 0 Å². The number of nitrogens with two attached hydrogens (primary N) is 1. The van der Waals surface area contributed by atoms with Gasteiger partial charge in [0.25, 0.3) is 5.91 Å². The lowest BCUT2D eigenvalue weighted by Gasteiger charge is -2.09. The molecule has 2 aromatic carbocycles. The molecule has 0 aliphatic carbocycles. The van der Waals surface area contributed by atoms with E-state index < -0.39 is 5.91 Å². The highest BCUT2D eigenvalue weighted by molar-refractivity contribution is 5.97. The molecule has 2 rings (SSSR count). The lowest BCUT2D eigenvalue weighted by molar-refractivity contribution is -0.114. The Morgan fingerprint density at radius 1 is 1.00 bits per heavy atom. The molecular weight excluding hydrogens is 348 g/mol. The number of nitrogens with one attached hydrogen (secondary N) is 3. The maximum Gasteiger partial charge on any atom is 0.251 e. The number of hydrogen-bond acceptors (Lipinski definition) is 5. The van der Waals surface area contributed by atoms with Crippen LogP contribution in [-0.4, -0.2) is 44.5 Å². The number of carbonyl (C=O) groups is 3. The molecule has 0 heterocycles. The van der Waals surface area contributed by atoms with E-state index in [0.717, 1.165) is 0 Å². The van der Waals surface area contributed by atoms with Crippen molar-refractivity contribution in [1.29, 1.82) is 0 Å². The van der Waals surface area contributed by atoms with E-state index in [2.05, 4.69) is 16.0 Å². The monoisotopic (exact) mass is 370 g/mol. The molecule has 27 heavy (non-hydrogen) atoms. The third-order valence-electron chi connectivity index (χ3n) is 3.62. The molecule has 0 aliphatic rings. The van der Waals surface area contributed by atoms with Crippen LogP contribution in [0.3, 0.4) is 0 Å². The molecule has 142 valence electrons. The summed E-state index contributed by atoms with van der Waals surface area (Å²) in [5.41, 5.74) is 7.27. The van der Waals surface area contributed by atoms with Crippen molar-refractivity contribution >= 4 is 29.1 Å². The average molecular weight is 370 g/mol. The van der Waals surface area contributed by atoms with Crippen LogP contribution >= 0.6 is 0 Å². The van der Waals surface area contributed by atoms with Crippen molar-refractivity contribution < 1.29 is 19.1 Å². The summed E-state index contributed by atoms with van der Waals surface area (Å²) >= 11 is 0. The Kier molecular flexibility index (Phi) is 7.33. The number of primary amides is 1. The fourth-order valence-electron chi connectivity index (χ4n) is 2.24. The average Bonchev–Trinajstić information content (AvgIpc) is 2.67. The molecular formula is C19H22N4O4. The molecule has 8 nitrogen and oxygen atoms in total. The Bertz CT molecular complexity index is 806. The van der Waals surface area contributed by atoms with Gasteiger partial charge in [-0.25, -0.2) is 0 Å². The Hall–Kier alpha value is -3.39. The first-order valence-corrected chi connectivity index (χ1v) is 8.30. The first-order chi connectivity index (χ1) is 13.0. The number of methoxy groups -OCH3 is 1. The number of carbonyl (C=O) groups excluding carboxylic acids is 3. The van der Waals surface area contributed by atoms with E-state index >= 15 is 0 Å². The van der Waals surface area contributed by atoms with Gasteiger partial charge in [-0.2, -0.15) is 0 Å². The van der Waals surface area contributed by atoms with E-state index in [-0.39, 0.29) is 18.4 Å². The van der Waals surface area contributed by atoms with Crippen LogP contribution in [-0.2, 0) is 9.53 Å². The summed E-state index contributed by atoms with van der Waals surface area (Å²) in [6.45, 7) is 0.882. The first-order valence-electron chi connectivity index (χ1n) is 8.30. The van der Waals surface area contributed by atoms with Crippen molar-refractivity contribution in [3.05, 3.63) is 59.7 Å². The second-order valence-corrected chi connectivity index (χ2v) is 5.67. The zero-order valence-electron chi connectivity index (χ0n) is 15.0. The Labute approximate surface area is 157 Å². The van der Waals surface area contributed by atoms with Crippen LogP contribution < -0.4 is 21.7 Å². The zero-order chi connectivity index (χ0) is 19.6. The molecule has 0 spiro atoms. The maximum absolute atomic E-state index is 12.0. The van der Waals surface area contributed by atoms with Crippen LogP contribution in [0.2, 0.25) is 0 Å². The van der Waals surface area contributed by atoms with Crippen LogP contribution in [0.5, 0.6) is 0 Å². The molecule has 0 saturated heterocycles. The Morgan fingerprint density at radius 2 is 1.74 bits per heavy atom. The topological polar surface area (TPSA) is 123 Å². The van der Waals surface area contributed by atoms with Gasteiger partial charge in [0, 0.05) is 36.2 Å². The van der Waals surface area contributed by atoms with Gasteiger partial charge >= 0.3 is 0 Å². The number of amides is 3. The first kappa shape index (κ1) is 19.9.